The Kier molecular flexibility index (Phi) is 5.16. The molecule has 1 rings (SSSR count). The lowest BCUT2D eigenvalue weighted by atomic mass is 9.92. The third-order valence-electron chi connectivity index (χ3n) is 3.58. The van der Waals surface area contributed by atoms with E-state index in [-0.39, 0.29) is 23.9 Å². The molecule has 0 radical (unpaired) electrons. The van der Waals surface area contributed by atoms with Crippen LogP contribution in [0.1, 0.15) is 33.6 Å². The van der Waals surface area contributed by atoms with Gasteiger partial charge < -0.3 is 4.74 Å². The molecule has 6 heteroatoms. The van der Waals surface area contributed by atoms with E-state index in [1.54, 1.807) is 6.92 Å². The quantitative estimate of drug-likeness (QED) is 0.673. The Labute approximate surface area is 109 Å². The summed E-state index contributed by atoms with van der Waals surface area (Å²) < 4.78 is 28.5. The number of rotatable bonds is 6. The van der Waals surface area contributed by atoms with Gasteiger partial charge in [-0.3, -0.25) is 9.69 Å². The molecule has 1 heterocycles. The first kappa shape index (κ1) is 15.4. The van der Waals surface area contributed by atoms with Crippen molar-refractivity contribution >= 4 is 15.8 Å². The monoisotopic (exact) mass is 277 g/mol. The van der Waals surface area contributed by atoms with Crippen LogP contribution in [0.2, 0.25) is 0 Å². The van der Waals surface area contributed by atoms with E-state index in [1.165, 1.54) is 0 Å². The third kappa shape index (κ3) is 3.45. The van der Waals surface area contributed by atoms with E-state index in [1.807, 2.05) is 13.8 Å². The van der Waals surface area contributed by atoms with Crippen LogP contribution in [0.25, 0.3) is 0 Å². The second-order valence-corrected chi connectivity index (χ2v) is 6.90. The Morgan fingerprint density at radius 2 is 1.89 bits per heavy atom. The zero-order valence-corrected chi connectivity index (χ0v) is 12.3. The number of ether oxygens (including phenoxy) is 1. The molecule has 5 nitrogen and oxygen atoms in total. The number of hydrogen-bond acceptors (Lipinski definition) is 5. The minimum Gasteiger partial charge on any atom is -0.466 e. The Bertz CT molecular complexity index is 389. The molecule has 0 amide bonds. The molecule has 1 aliphatic heterocycles. The van der Waals surface area contributed by atoms with Crippen molar-refractivity contribution < 1.29 is 17.9 Å². The van der Waals surface area contributed by atoms with Gasteiger partial charge in [-0.2, -0.15) is 0 Å². The summed E-state index contributed by atoms with van der Waals surface area (Å²) >= 11 is 0. The highest BCUT2D eigenvalue weighted by molar-refractivity contribution is 7.91. The van der Waals surface area contributed by atoms with Crippen LogP contribution >= 0.6 is 0 Å². The fourth-order valence-corrected chi connectivity index (χ4v) is 4.86. The second kappa shape index (κ2) is 6.02. The van der Waals surface area contributed by atoms with Crippen molar-refractivity contribution in [2.75, 3.05) is 31.2 Å². The minimum atomic E-state index is -3.03. The average molecular weight is 277 g/mol. The molecule has 18 heavy (non-hydrogen) atoms. The van der Waals surface area contributed by atoms with Gasteiger partial charge in [0, 0.05) is 5.54 Å². The minimum absolute atomic E-state index is 0.0699. The van der Waals surface area contributed by atoms with E-state index >= 15 is 0 Å². The zero-order valence-electron chi connectivity index (χ0n) is 11.4. The summed E-state index contributed by atoms with van der Waals surface area (Å²) in [5, 5.41) is 0. The molecule has 0 aromatic heterocycles. The van der Waals surface area contributed by atoms with E-state index in [9.17, 15) is 13.2 Å². The summed E-state index contributed by atoms with van der Waals surface area (Å²) in [5.74, 6) is -0.0647. The fourth-order valence-electron chi connectivity index (χ4n) is 2.77. The first-order valence-corrected chi connectivity index (χ1v) is 8.32. The van der Waals surface area contributed by atoms with Crippen LogP contribution in [0, 0.1) is 0 Å². The van der Waals surface area contributed by atoms with E-state index < -0.39 is 15.4 Å². The molecule has 0 aromatic rings. The maximum Gasteiger partial charge on any atom is 0.307 e. The lowest BCUT2D eigenvalue weighted by molar-refractivity contribution is -0.146. The van der Waals surface area contributed by atoms with Gasteiger partial charge in [-0.15, -0.1) is 0 Å². The van der Waals surface area contributed by atoms with Gasteiger partial charge in [-0.1, -0.05) is 13.8 Å². The highest BCUT2D eigenvalue weighted by atomic mass is 32.2. The molecule has 106 valence electrons. The molecular formula is C12H23NO4S. The predicted octanol–water partition coefficient (Wildman–Crippen LogP) is 0.839. The Hall–Kier alpha value is -0.620. The van der Waals surface area contributed by atoms with Gasteiger partial charge in [-0.05, 0) is 26.4 Å². The summed E-state index contributed by atoms with van der Waals surface area (Å²) in [6, 6.07) is 0. The number of sulfone groups is 1. The molecule has 1 saturated heterocycles. The highest BCUT2D eigenvalue weighted by Crippen LogP contribution is 2.33. The summed E-state index contributed by atoms with van der Waals surface area (Å²) in [6.07, 6.45) is 0.692. The van der Waals surface area contributed by atoms with Gasteiger partial charge in [0.2, 0.25) is 0 Å². The third-order valence-corrected chi connectivity index (χ3v) is 5.38. The molecule has 1 atom stereocenters. The molecule has 1 aliphatic rings. The normalized spacial score (nSPS) is 26.4. The smallest absolute Gasteiger partial charge is 0.307 e. The number of carbonyl (C=O) groups excluding carboxylic acids is 1. The molecule has 0 saturated carbocycles. The fraction of sp³-hybridized carbons (Fsp3) is 0.917. The number of carbonyl (C=O) groups is 1. The average Bonchev–Trinajstić information content (AvgIpc) is 2.57. The summed E-state index contributed by atoms with van der Waals surface area (Å²) in [7, 11) is -3.03. The lowest BCUT2D eigenvalue weighted by Crippen LogP contribution is -2.51. The van der Waals surface area contributed by atoms with Crippen LogP contribution in [0.15, 0.2) is 0 Å². The van der Waals surface area contributed by atoms with Crippen LogP contribution in [-0.2, 0) is 19.4 Å². The van der Waals surface area contributed by atoms with Gasteiger partial charge in [0.15, 0.2) is 9.84 Å². The first-order chi connectivity index (χ1) is 8.39. The maximum atomic E-state index is 11.7. The van der Waals surface area contributed by atoms with Gasteiger partial charge >= 0.3 is 5.97 Å². The largest absolute Gasteiger partial charge is 0.466 e. The highest BCUT2D eigenvalue weighted by Gasteiger charge is 2.47. The van der Waals surface area contributed by atoms with Crippen molar-refractivity contribution in [3.05, 3.63) is 0 Å². The molecule has 0 bridgehead atoms. The molecule has 1 unspecified atom stereocenters. The van der Waals surface area contributed by atoms with E-state index in [0.29, 0.717) is 13.0 Å². The van der Waals surface area contributed by atoms with E-state index in [0.717, 1.165) is 13.1 Å². The molecule has 0 N–H and O–H groups in total. The summed E-state index contributed by atoms with van der Waals surface area (Å²) in [5.41, 5.74) is -0.561. The summed E-state index contributed by atoms with van der Waals surface area (Å²) in [6.45, 7) is 7.55. The van der Waals surface area contributed by atoms with Crippen LogP contribution in [0.4, 0.5) is 0 Å². The molecule has 0 aromatic carbocycles. The van der Waals surface area contributed by atoms with Gasteiger partial charge in [0.05, 0.1) is 24.5 Å². The first-order valence-electron chi connectivity index (χ1n) is 6.50. The summed E-state index contributed by atoms with van der Waals surface area (Å²) in [4.78, 5) is 13.8. The van der Waals surface area contributed by atoms with Gasteiger partial charge in [0.1, 0.15) is 0 Å². The molecule has 0 spiro atoms. The van der Waals surface area contributed by atoms with Crippen LogP contribution in [0.3, 0.4) is 0 Å². The SMILES string of the molecule is CCOC(=O)CC1(N(CC)CC)CCS(=O)(=O)C1. The molecule has 0 aliphatic carbocycles. The standard InChI is InChI=1S/C12H23NO4S/c1-4-13(5-2)12(9-11(14)17-6-3)7-8-18(15,16)10-12/h4-10H2,1-3H3. The van der Waals surface area contributed by atoms with E-state index in [4.69, 9.17) is 4.74 Å². The topological polar surface area (TPSA) is 63.7 Å². The number of nitrogens with zero attached hydrogens (tertiary/aromatic N) is 1. The number of hydrogen-bond donors (Lipinski definition) is 0. The maximum absolute atomic E-state index is 11.7. The predicted molar refractivity (Wildman–Crippen MR) is 70.2 cm³/mol. The Balaban J connectivity index is 2.92. The van der Waals surface area contributed by atoms with Crippen molar-refractivity contribution in [3.63, 3.8) is 0 Å². The van der Waals surface area contributed by atoms with E-state index in [2.05, 4.69) is 4.90 Å². The molecule has 1 fully saturated rings. The van der Waals surface area contributed by atoms with Gasteiger partial charge in [-0.25, -0.2) is 8.42 Å². The van der Waals surface area contributed by atoms with Crippen LogP contribution in [-0.4, -0.2) is 56.0 Å². The lowest BCUT2D eigenvalue weighted by Gasteiger charge is -2.38. The zero-order chi connectivity index (χ0) is 13.8. The van der Waals surface area contributed by atoms with Crippen LogP contribution < -0.4 is 0 Å². The van der Waals surface area contributed by atoms with Crippen molar-refractivity contribution in [2.45, 2.75) is 39.2 Å². The number of esters is 1. The van der Waals surface area contributed by atoms with Crippen molar-refractivity contribution in [1.82, 2.24) is 4.90 Å². The Morgan fingerprint density at radius 1 is 1.28 bits per heavy atom. The second-order valence-electron chi connectivity index (χ2n) is 4.72. The van der Waals surface area contributed by atoms with Crippen molar-refractivity contribution in [2.24, 2.45) is 0 Å². The Morgan fingerprint density at radius 3 is 2.28 bits per heavy atom. The molecular weight excluding hydrogens is 254 g/mol. The van der Waals surface area contributed by atoms with Crippen LogP contribution in [0.5, 0.6) is 0 Å². The van der Waals surface area contributed by atoms with Crippen molar-refractivity contribution in [3.8, 4) is 0 Å². The van der Waals surface area contributed by atoms with Crippen molar-refractivity contribution in [1.29, 1.82) is 0 Å². The van der Waals surface area contributed by atoms with Gasteiger partial charge in [0.25, 0.3) is 0 Å².